The topological polar surface area (TPSA) is 78.5 Å². The van der Waals surface area contributed by atoms with E-state index in [-0.39, 0.29) is 17.7 Å². The first-order valence-electron chi connectivity index (χ1n) is 9.27. The minimum absolute atomic E-state index is 0.0803. The fraction of sp³-hybridized carbons (Fsp3) is 0.136. The monoisotopic (exact) mass is 405 g/mol. The third-order valence-corrected chi connectivity index (χ3v) is 5.49. The van der Waals surface area contributed by atoms with Crippen LogP contribution in [0, 0.1) is 0 Å². The minimum atomic E-state index is -0.278. The molecule has 0 radical (unpaired) electrons. The number of carbonyl (C=O) groups excluding carboxylic acids is 3. The summed E-state index contributed by atoms with van der Waals surface area (Å²) in [5, 5.41) is 7.51. The molecule has 2 N–H and O–H groups in total. The second-order valence-corrected chi connectivity index (χ2v) is 7.61. The molecule has 146 valence electrons. The third kappa shape index (κ3) is 4.35. The number of nitrogens with zero attached hydrogens (tertiary/aromatic N) is 1. The molecule has 4 rings (SSSR count). The largest absolute Gasteiger partial charge is 0.322 e. The lowest BCUT2D eigenvalue weighted by Gasteiger charge is -2.16. The zero-order chi connectivity index (χ0) is 20.2. The van der Waals surface area contributed by atoms with Gasteiger partial charge in [0.05, 0.1) is 4.88 Å². The van der Waals surface area contributed by atoms with Crippen molar-refractivity contribution in [2.45, 2.75) is 12.8 Å². The lowest BCUT2D eigenvalue weighted by molar-refractivity contribution is -0.117. The van der Waals surface area contributed by atoms with E-state index in [1.807, 2.05) is 17.5 Å². The molecule has 6 nitrogen and oxygen atoms in total. The lowest BCUT2D eigenvalue weighted by atomic mass is 10.1. The maximum Gasteiger partial charge on any atom is 0.265 e. The molecule has 1 fully saturated rings. The zero-order valence-electron chi connectivity index (χ0n) is 15.6. The molecule has 0 atom stereocenters. The summed E-state index contributed by atoms with van der Waals surface area (Å²) < 4.78 is 0. The van der Waals surface area contributed by atoms with Crippen LogP contribution in [0.15, 0.2) is 66.0 Å². The summed E-state index contributed by atoms with van der Waals surface area (Å²) in [6.07, 6.45) is 1.37. The molecule has 1 aromatic heterocycles. The summed E-state index contributed by atoms with van der Waals surface area (Å²) in [5.41, 5.74) is 2.37. The predicted octanol–water partition coefficient (Wildman–Crippen LogP) is 4.38. The number of nitrogens with one attached hydrogen (secondary N) is 2. The average Bonchev–Trinajstić information content (AvgIpc) is 3.40. The predicted molar refractivity (Wildman–Crippen MR) is 115 cm³/mol. The van der Waals surface area contributed by atoms with Crippen LogP contribution in [0.1, 0.15) is 32.9 Å². The van der Waals surface area contributed by atoms with E-state index in [4.69, 9.17) is 0 Å². The Balaban J connectivity index is 1.46. The van der Waals surface area contributed by atoms with Gasteiger partial charge in [0, 0.05) is 35.6 Å². The number of carbonyl (C=O) groups is 3. The van der Waals surface area contributed by atoms with Gasteiger partial charge in [0.1, 0.15) is 0 Å². The van der Waals surface area contributed by atoms with Crippen LogP contribution >= 0.6 is 11.3 Å². The minimum Gasteiger partial charge on any atom is -0.322 e. The van der Waals surface area contributed by atoms with E-state index in [9.17, 15) is 14.4 Å². The number of amides is 3. The van der Waals surface area contributed by atoms with Crippen molar-refractivity contribution in [3.8, 4) is 0 Å². The second kappa shape index (κ2) is 8.28. The van der Waals surface area contributed by atoms with Gasteiger partial charge in [-0.15, -0.1) is 11.3 Å². The molecule has 2 aromatic carbocycles. The Bertz CT molecular complexity index is 1060. The molecule has 1 saturated heterocycles. The fourth-order valence-corrected chi connectivity index (χ4v) is 3.83. The molecule has 0 aliphatic carbocycles. The first-order valence-corrected chi connectivity index (χ1v) is 10.1. The number of benzene rings is 2. The first-order chi connectivity index (χ1) is 14.1. The summed E-state index contributed by atoms with van der Waals surface area (Å²) in [7, 11) is 0. The Morgan fingerprint density at radius 1 is 0.897 bits per heavy atom. The van der Waals surface area contributed by atoms with Crippen LogP contribution in [0.2, 0.25) is 0 Å². The summed E-state index contributed by atoms with van der Waals surface area (Å²) in [4.78, 5) is 39.2. The van der Waals surface area contributed by atoms with E-state index in [0.29, 0.717) is 34.8 Å². The van der Waals surface area contributed by atoms with Crippen molar-refractivity contribution in [3.63, 3.8) is 0 Å². The molecule has 1 aliphatic rings. The number of anilines is 3. The number of rotatable bonds is 5. The van der Waals surface area contributed by atoms with Crippen LogP contribution in [0.4, 0.5) is 17.1 Å². The quantitative estimate of drug-likeness (QED) is 0.661. The SMILES string of the molecule is O=C(Nc1cccc(NC(=O)c2cccs2)c1)c1cccc(N2CCCC2=O)c1. The number of hydrogen-bond donors (Lipinski definition) is 2. The van der Waals surface area contributed by atoms with E-state index < -0.39 is 0 Å². The van der Waals surface area contributed by atoms with Crippen molar-refractivity contribution in [2.75, 3.05) is 22.1 Å². The zero-order valence-corrected chi connectivity index (χ0v) is 16.4. The Kier molecular flexibility index (Phi) is 5.39. The molecule has 0 bridgehead atoms. The highest BCUT2D eigenvalue weighted by atomic mass is 32.1. The van der Waals surface area contributed by atoms with Crippen LogP contribution in [0.25, 0.3) is 0 Å². The molecule has 1 aliphatic heterocycles. The van der Waals surface area contributed by atoms with Gasteiger partial charge < -0.3 is 15.5 Å². The summed E-state index contributed by atoms with van der Waals surface area (Å²) in [6.45, 7) is 0.676. The van der Waals surface area contributed by atoms with Crippen molar-refractivity contribution >= 4 is 46.1 Å². The van der Waals surface area contributed by atoms with Crippen molar-refractivity contribution < 1.29 is 14.4 Å². The molecule has 0 spiro atoms. The second-order valence-electron chi connectivity index (χ2n) is 6.67. The fourth-order valence-electron chi connectivity index (χ4n) is 3.21. The molecule has 2 heterocycles. The molecule has 3 amide bonds. The molecular weight excluding hydrogens is 386 g/mol. The Morgan fingerprint density at radius 3 is 2.34 bits per heavy atom. The van der Waals surface area contributed by atoms with Gasteiger partial charge in [0.15, 0.2) is 0 Å². The average molecular weight is 405 g/mol. The number of thiophene rings is 1. The van der Waals surface area contributed by atoms with Crippen molar-refractivity contribution in [2.24, 2.45) is 0 Å². The van der Waals surface area contributed by atoms with Crippen molar-refractivity contribution in [3.05, 3.63) is 76.5 Å². The maximum atomic E-state index is 12.7. The van der Waals surface area contributed by atoms with E-state index in [0.717, 1.165) is 12.1 Å². The van der Waals surface area contributed by atoms with Gasteiger partial charge in [-0.25, -0.2) is 0 Å². The van der Waals surface area contributed by atoms with E-state index in [2.05, 4.69) is 10.6 Å². The van der Waals surface area contributed by atoms with Crippen LogP contribution in [0.5, 0.6) is 0 Å². The van der Waals surface area contributed by atoms with Crippen molar-refractivity contribution in [1.29, 1.82) is 0 Å². The van der Waals surface area contributed by atoms with E-state index in [1.54, 1.807) is 53.4 Å². The maximum absolute atomic E-state index is 12.7. The molecular formula is C22H19N3O3S. The van der Waals surface area contributed by atoms with E-state index >= 15 is 0 Å². The van der Waals surface area contributed by atoms with Gasteiger partial charge in [-0.05, 0) is 54.3 Å². The first kappa shape index (κ1) is 18.9. The van der Waals surface area contributed by atoms with Crippen LogP contribution in [-0.4, -0.2) is 24.3 Å². The van der Waals surface area contributed by atoms with Gasteiger partial charge in [-0.1, -0.05) is 18.2 Å². The third-order valence-electron chi connectivity index (χ3n) is 4.62. The van der Waals surface area contributed by atoms with Crippen LogP contribution < -0.4 is 15.5 Å². The Morgan fingerprint density at radius 2 is 1.66 bits per heavy atom. The molecule has 0 unspecified atom stereocenters. The lowest BCUT2D eigenvalue weighted by Crippen LogP contribution is -2.24. The van der Waals surface area contributed by atoms with Crippen molar-refractivity contribution in [1.82, 2.24) is 0 Å². The van der Waals surface area contributed by atoms with Gasteiger partial charge in [-0.3, -0.25) is 14.4 Å². The number of hydrogen-bond acceptors (Lipinski definition) is 4. The highest BCUT2D eigenvalue weighted by Crippen LogP contribution is 2.23. The summed E-state index contributed by atoms with van der Waals surface area (Å²) in [6, 6.07) is 17.6. The summed E-state index contributed by atoms with van der Waals surface area (Å²) in [5.74, 6) is -0.386. The highest BCUT2D eigenvalue weighted by Gasteiger charge is 2.22. The normalized spacial score (nSPS) is 13.4. The molecule has 29 heavy (non-hydrogen) atoms. The summed E-state index contributed by atoms with van der Waals surface area (Å²) >= 11 is 1.36. The van der Waals surface area contributed by atoms with Crippen LogP contribution in [-0.2, 0) is 4.79 Å². The van der Waals surface area contributed by atoms with Gasteiger partial charge in [0.25, 0.3) is 11.8 Å². The molecule has 0 saturated carbocycles. The smallest absolute Gasteiger partial charge is 0.265 e. The standard InChI is InChI=1S/C22H19N3O3S/c26-20-10-3-11-25(20)18-8-1-5-15(13-18)21(27)23-16-6-2-7-17(14-16)24-22(28)19-9-4-12-29-19/h1-2,4-9,12-14H,3,10-11H2,(H,23,27)(H,24,28). The van der Waals surface area contributed by atoms with Crippen LogP contribution in [0.3, 0.4) is 0 Å². The van der Waals surface area contributed by atoms with Gasteiger partial charge in [0.2, 0.25) is 5.91 Å². The van der Waals surface area contributed by atoms with Gasteiger partial charge in [-0.2, -0.15) is 0 Å². The molecule has 3 aromatic rings. The van der Waals surface area contributed by atoms with E-state index in [1.165, 1.54) is 11.3 Å². The Labute approximate surface area is 172 Å². The highest BCUT2D eigenvalue weighted by molar-refractivity contribution is 7.12. The Hall–Kier alpha value is -3.45. The van der Waals surface area contributed by atoms with Gasteiger partial charge >= 0.3 is 0 Å². The molecule has 7 heteroatoms.